The molecule has 0 fully saturated rings. The van der Waals surface area contributed by atoms with Crippen molar-refractivity contribution in [2.24, 2.45) is 0 Å². The summed E-state index contributed by atoms with van der Waals surface area (Å²) in [6, 6.07) is 23.8. The number of anilines is 1. The van der Waals surface area contributed by atoms with Gasteiger partial charge in [0.1, 0.15) is 17.9 Å². The van der Waals surface area contributed by atoms with Gasteiger partial charge in [0.05, 0.1) is 17.7 Å². The highest BCUT2D eigenvalue weighted by atomic mass is 32.2. The molecule has 1 N–H and O–H groups in total. The third-order valence-electron chi connectivity index (χ3n) is 5.54. The Morgan fingerprint density at radius 3 is 2.56 bits per heavy atom. The summed E-state index contributed by atoms with van der Waals surface area (Å²) in [4.78, 5) is 13.3. The van der Waals surface area contributed by atoms with Crippen LogP contribution in [0.25, 0.3) is 33.2 Å². The van der Waals surface area contributed by atoms with E-state index in [9.17, 15) is 4.21 Å². The lowest BCUT2D eigenvalue weighted by Gasteiger charge is -2.13. The molecule has 0 spiro atoms. The van der Waals surface area contributed by atoms with Crippen molar-refractivity contribution in [3.05, 3.63) is 97.1 Å². The highest BCUT2D eigenvalue weighted by Crippen LogP contribution is 2.37. The smallest absolute Gasteiger partial charge is 0.151 e. The molecule has 0 saturated heterocycles. The minimum Gasteiger partial charge on any atom is -0.496 e. The van der Waals surface area contributed by atoms with Gasteiger partial charge in [-0.25, -0.2) is 14.2 Å². The SMILES string of the molecule is COc1cc(-c2cccc(C)c2)ccc1-c1nccc2cc(S(=O)Nc3ccncn3)ccc12. The van der Waals surface area contributed by atoms with Gasteiger partial charge in [0, 0.05) is 23.3 Å². The molecule has 2 heterocycles. The summed E-state index contributed by atoms with van der Waals surface area (Å²) in [6.07, 6.45) is 4.77. The van der Waals surface area contributed by atoms with Crippen LogP contribution in [-0.2, 0) is 11.0 Å². The maximum Gasteiger partial charge on any atom is 0.151 e. The number of hydrogen-bond donors (Lipinski definition) is 1. The molecule has 0 aliphatic carbocycles. The Kier molecular flexibility index (Phi) is 6.01. The van der Waals surface area contributed by atoms with Crippen molar-refractivity contribution in [2.45, 2.75) is 11.8 Å². The molecule has 5 aromatic rings. The van der Waals surface area contributed by atoms with Crippen molar-refractivity contribution in [2.75, 3.05) is 11.8 Å². The van der Waals surface area contributed by atoms with E-state index in [1.165, 1.54) is 11.9 Å². The summed E-state index contributed by atoms with van der Waals surface area (Å²) in [5.74, 6) is 1.25. The zero-order valence-electron chi connectivity index (χ0n) is 18.7. The number of fused-ring (bicyclic) bond motifs is 1. The standard InChI is InChI=1S/C27H22N4O2S/c1-18-4-3-5-19(14-18)20-6-8-24(25(16-20)33-2)27-23-9-7-22(15-21(23)10-13-29-27)34(32)31-26-11-12-28-17-30-26/h3-17H,1-2H3,(H,28,30,31). The molecule has 1 atom stereocenters. The van der Waals surface area contributed by atoms with Gasteiger partial charge in [-0.1, -0.05) is 42.0 Å². The second kappa shape index (κ2) is 9.41. The van der Waals surface area contributed by atoms with Crippen LogP contribution >= 0.6 is 0 Å². The lowest BCUT2D eigenvalue weighted by atomic mass is 9.98. The van der Waals surface area contributed by atoms with Crippen LogP contribution in [0.2, 0.25) is 0 Å². The average Bonchev–Trinajstić information content (AvgIpc) is 2.88. The van der Waals surface area contributed by atoms with Crippen LogP contribution in [0.1, 0.15) is 5.56 Å². The summed E-state index contributed by atoms with van der Waals surface area (Å²) in [5, 5.41) is 1.89. The summed E-state index contributed by atoms with van der Waals surface area (Å²) < 4.78 is 21.5. The number of nitrogens with zero attached hydrogens (tertiary/aromatic N) is 3. The van der Waals surface area contributed by atoms with Crippen LogP contribution in [-0.4, -0.2) is 26.3 Å². The number of hydrogen-bond acceptors (Lipinski definition) is 5. The van der Waals surface area contributed by atoms with E-state index in [1.807, 2.05) is 36.4 Å². The Morgan fingerprint density at radius 2 is 1.76 bits per heavy atom. The van der Waals surface area contributed by atoms with Crippen molar-refractivity contribution >= 4 is 27.6 Å². The molecule has 2 aromatic heterocycles. The molecular weight excluding hydrogens is 444 g/mol. The van der Waals surface area contributed by atoms with E-state index in [4.69, 9.17) is 4.74 Å². The van der Waals surface area contributed by atoms with E-state index in [-0.39, 0.29) is 0 Å². The first-order chi connectivity index (χ1) is 16.6. The summed E-state index contributed by atoms with van der Waals surface area (Å²) in [6.45, 7) is 2.08. The van der Waals surface area contributed by atoms with Crippen LogP contribution in [0.3, 0.4) is 0 Å². The molecule has 6 nitrogen and oxygen atoms in total. The lowest BCUT2D eigenvalue weighted by molar-refractivity contribution is 0.416. The first kappa shape index (κ1) is 21.7. The largest absolute Gasteiger partial charge is 0.496 e. The van der Waals surface area contributed by atoms with E-state index in [1.54, 1.807) is 25.6 Å². The van der Waals surface area contributed by atoms with Crippen LogP contribution in [0.15, 0.2) is 96.4 Å². The number of rotatable bonds is 6. The van der Waals surface area contributed by atoms with Gasteiger partial charge in [0.25, 0.3) is 0 Å². The second-order valence-corrected chi connectivity index (χ2v) is 9.01. The molecule has 0 radical (unpaired) electrons. The van der Waals surface area contributed by atoms with Gasteiger partial charge in [-0.05, 0) is 59.8 Å². The number of methoxy groups -OCH3 is 1. The van der Waals surface area contributed by atoms with Crippen LogP contribution in [0, 0.1) is 6.92 Å². The van der Waals surface area contributed by atoms with Crippen molar-refractivity contribution < 1.29 is 8.95 Å². The molecule has 0 aliphatic heterocycles. The van der Waals surface area contributed by atoms with Gasteiger partial charge >= 0.3 is 0 Å². The van der Waals surface area contributed by atoms with Crippen molar-refractivity contribution in [3.63, 3.8) is 0 Å². The lowest BCUT2D eigenvalue weighted by Crippen LogP contribution is -2.06. The molecule has 0 saturated carbocycles. The van der Waals surface area contributed by atoms with Crippen LogP contribution in [0.4, 0.5) is 5.82 Å². The average molecular weight is 467 g/mol. The van der Waals surface area contributed by atoms with Crippen molar-refractivity contribution in [1.29, 1.82) is 0 Å². The Balaban J connectivity index is 1.52. The number of ether oxygens (including phenoxy) is 1. The van der Waals surface area contributed by atoms with Gasteiger partial charge in [0.2, 0.25) is 0 Å². The molecule has 0 aliphatic rings. The van der Waals surface area contributed by atoms with Gasteiger partial charge in [-0.3, -0.25) is 9.71 Å². The zero-order chi connectivity index (χ0) is 23.5. The fourth-order valence-electron chi connectivity index (χ4n) is 3.88. The maximum absolute atomic E-state index is 12.8. The maximum atomic E-state index is 12.8. The molecule has 34 heavy (non-hydrogen) atoms. The topological polar surface area (TPSA) is 77.0 Å². The zero-order valence-corrected chi connectivity index (χ0v) is 19.5. The van der Waals surface area contributed by atoms with E-state index in [0.29, 0.717) is 10.7 Å². The van der Waals surface area contributed by atoms with E-state index in [2.05, 4.69) is 56.9 Å². The quantitative estimate of drug-likeness (QED) is 0.342. The molecule has 1 unspecified atom stereocenters. The summed E-state index contributed by atoms with van der Waals surface area (Å²) >= 11 is 0. The molecule has 0 bridgehead atoms. The Labute approximate surface area is 200 Å². The fraction of sp³-hybridized carbons (Fsp3) is 0.0741. The van der Waals surface area contributed by atoms with Gasteiger partial charge in [0.15, 0.2) is 11.0 Å². The van der Waals surface area contributed by atoms with E-state index < -0.39 is 11.0 Å². The highest BCUT2D eigenvalue weighted by molar-refractivity contribution is 7.86. The summed E-state index contributed by atoms with van der Waals surface area (Å²) in [7, 11) is 0.211. The predicted molar refractivity (Wildman–Crippen MR) is 136 cm³/mol. The molecule has 3 aromatic carbocycles. The number of aromatic nitrogens is 3. The minimum atomic E-state index is -1.46. The van der Waals surface area contributed by atoms with Gasteiger partial charge in [-0.15, -0.1) is 0 Å². The van der Waals surface area contributed by atoms with Gasteiger partial charge < -0.3 is 4.74 Å². The van der Waals surface area contributed by atoms with Crippen molar-refractivity contribution in [3.8, 4) is 28.1 Å². The normalized spacial score (nSPS) is 11.8. The Hall–Kier alpha value is -4.10. The highest BCUT2D eigenvalue weighted by Gasteiger charge is 2.14. The molecule has 7 heteroatoms. The minimum absolute atomic E-state index is 0.502. The first-order valence-electron chi connectivity index (χ1n) is 10.7. The first-order valence-corrected chi connectivity index (χ1v) is 11.9. The Morgan fingerprint density at radius 1 is 0.882 bits per heavy atom. The fourth-order valence-corrected chi connectivity index (χ4v) is 4.74. The van der Waals surface area contributed by atoms with Crippen LogP contribution in [0.5, 0.6) is 5.75 Å². The number of pyridine rings is 1. The van der Waals surface area contributed by atoms with Gasteiger partial charge in [-0.2, -0.15) is 0 Å². The van der Waals surface area contributed by atoms with Crippen molar-refractivity contribution in [1.82, 2.24) is 15.0 Å². The number of nitrogens with one attached hydrogen (secondary N) is 1. The van der Waals surface area contributed by atoms with E-state index >= 15 is 0 Å². The van der Waals surface area contributed by atoms with E-state index in [0.717, 1.165) is 38.9 Å². The molecule has 5 rings (SSSR count). The third kappa shape index (κ3) is 4.38. The number of aryl methyl sites for hydroxylation is 1. The molecule has 168 valence electrons. The third-order valence-corrected chi connectivity index (χ3v) is 6.61. The molecule has 0 amide bonds. The number of benzene rings is 3. The monoisotopic (exact) mass is 466 g/mol. The second-order valence-electron chi connectivity index (χ2n) is 7.79. The summed E-state index contributed by atoms with van der Waals surface area (Å²) in [5.41, 5.74) is 5.14. The van der Waals surface area contributed by atoms with Crippen LogP contribution < -0.4 is 9.46 Å². The molecular formula is C27H22N4O2S. The predicted octanol–water partition coefficient (Wildman–Crippen LogP) is 5.81. The Bertz CT molecular complexity index is 1510.